The van der Waals surface area contributed by atoms with E-state index in [1.165, 1.54) is 0 Å². The Balaban J connectivity index is 2.94. The van der Waals surface area contributed by atoms with Crippen LogP contribution in [0.5, 0.6) is 0 Å². The Hall–Kier alpha value is -1.11. The van der Waals surface area contributed by atoms with Crippen LogP contribution < -0.4 is 5.73 Å². The van der Waals surface area contributed by atoms with Gasteiger partial charge in [-0.25, -0.2) is 0 Å². The lowest BCUT2D eigenvalue weighted by Crippen LogP contribution is -2.45. The largest absolute Gasteiger partial charge is 0.472 e. The molecule has 7 heteroatoms. The maximum atomic E-state index is 12.6. The van der Waals surface area contributed by atoms with E-state index < -0.39 is 23.7 Å². The van der Waals surface area contributed by atoms with Gasteiger partial charge in [0.05, 0.1) is 12.5 Å². The minimum atomic E-state index is -5.66. The van der Waals surface area contributed by atoms with Crippen LogP contribution >= 0.6 is 0 Å². The molecule has 1 aromatic heterocycles. The summed E-state index contributed by atoms with van der Waals surface area (Å²) in [6.45, 7) is 0. The molecule has 2 N–H and O–H groups in total. The van der Waals surface area contributed by atoms with Gasteiger partial charge >= 0.3 is 12.1 Å². The van der Waals surface area contributed by atoms with E-state index in [0.717, 1.165) is 18.6 Å². The van der Waals surface area contributed by atoms with Gasteiger partial charge in [0, 0.05) is 5.56 Å². The topological polar surface area (TPSA) is 39.2 Å². The van der Waals surface area contributed by atoms with Crippen molar-refractivity contribution < 1.29 is 26.4 Å². The van der Waals surface area contributed by atoms with Crippen LogP contribution in [0.25, 0.3) is 0 Å². The molecule has 0 aliphatic rings. The molecule has 1 atom stereocenters. The van der Waals surface area contributed by atoms with Crippen LogP contribution in [0.1, 0.15) is 11.6 Å². The average Bonchev–Trinajstić information content (AvgIpc) is 2.52. The van der Waals surface area contributed by atoms with Gasteiger partial charge in [-0.2, -0.15) is 22.0 Å². The van der Waals surface area contributed by atoms with Gasteiger partial charge in [0.25, 0.3) is 0 Å². The molecule has 0 saturated carbocycles. The Kier molecular flexibility index (Phi) is 2.53. The number of nitrogens with two attached hydrogens (primary N) is 1. The molecule has 1 unspecified atom stereocenters. The molecule has 0 radical (unpaired) electrons. The first-order valence-corrected chi connectivity index (χ1v) is 3.49. The Labute approximate surface area is 75.5 Å². The summed E-state index contributed by atoms with van der Waals surface area (Å²) in [5.74, 6) is -4.96. The van der Waals surface area contributed by atoms with Gasteiger partial charge in [-0.1, -0.05) is 0 Å². The summed E-state index contributed by atoms with van der Waals surface area (Å²) in [6.07, 6.45) is -3.93. The van der Waals surface area contributed by atoms with Crippen molar-refractivity contribution in [1.82, 2.24) is 0 Å². The highest BCUT2D eigenvalue weighted by Crippen LogP contribution is 2.43. The number of hydrogen-bond donors (Lipinski definition) is 1. The van der Waals surface area contributed by atoms with Crippen molar-refractivity contribution in [3.63, 3.8) is 0 Å². The molecule has 2 nitrogen and oxygen atoms in total. The van der Waals surface area contributed by atoms with Crippen LogP contribution in [-0.4, -0.2) is 12.1 Å². The summed E-state index contributed by atoms with van der Waals surface area (Å²) in [7, 11) is 0. The lowest BCUT2D eigenvalue weighted by molar-refractivity contribution is -0.291. The molecule has 0 amide bonds. The van der Waals surface area contributed by atoms with Crippen molar-refractivity contribution in [2.75, 3.05) is 0 Å². The standard InChI is InChI=1S/C7H6F5NO/c8-6(9,7(10,11)12)5(13)4-1-2-14-3-4/h1-3,5H,13H2. The fourth-order valence-electron chi connectivity index (χ4n) is 0.838. The SMILES string of the molecule is NC(c1ccoc1)C(F)(F)C(F)(F)F. The summed E-state index contributed by atoms with van der Waals surface area (Å²) in [5, 5.41) is 0. The molecule has 80 valence electrons. The average molecular weight is 215 g/mol. The number of alkyl halides is 5. The normalized spacial score (nSPS) is 15.6. The number of furan rings is 1. The maximum absolute atomic E-state index is 12.6. The summed E-state index contributed by atoms with van der Waals surface area (Å²) >= 11 is 0. The highest BCUT2D eigenvalue weighted by Gasteiger charge is 2.61. The Morgan fingerprint density at radius 2 is 1.79 bits per heavy atom. The van der Waals surface area contributed by atoms with E-state index >= 15 is 0 Å². The molecular weight excluding hydrogens is 209 g/mol. The van der Waals surface area contributed by atoms with Gasteiger partial charge in [0.2, 0.25) is 0 Å². The first-order valence-electron chi connectivity index (χ1n) is 3.49. The quantitative estimate of drug-likeness (QED) is 0.769. The van der Waals surface area contributed by atoms with Crippen LogP contribution in [0.15, 0.2) is 23.0 Å². The fourth-order valence-corrected chi connectivity index (χ4v) is 0.838. The third-order valence-electron chi connectivity index (χ3n) is 1.67. The van der Waals surface area contributed by atoms with Crippen molar-refractivity contribution in [2.45, 2.75) is 18.1 Å². The van der Waals surface area contributed by atoms with Gasteiger partial charge in [-0.15, -0.1) is 0 Å². The van der Waals surface area contributed by atoms with E-state index in [1.807, 2.05) is 0 Å². The molecule has 0 aliphatic carbocycles. The maximum Gasteiger partial charge on any atom is 0.455 e. The third kappa shape index (κ3) is 1.72. The first kappa shape index (κ1) is 11.0. The lowest BCUT2D eigenvalue weighted by atomic mass is 10.0. The Morgan fingerprint density at radius 3 is 2.14 bits per heavy atom. The second-order valence-electron chi connectivity index (χ2n) is 2.66. The van der Waals surface area contributed by atoms with E-state index in [1.54, 1.807) is 0 Å². The monoisotopic (exact) mass is 215 g/mol. The van der Waals surface area contributed by atoms with Gasteiger partial charge in [0.15, 0.2) is 0 Å². The zero-order valence-electron chi connectivity index (χ0n) is 6.68. The number of halogens is 5. The second kappa shape index (κ2) is 3.23. The highest BCUT2D eigenvalue weighted by molar-refractivity contribution is 5.15. The van der Waals surface area contributed by atoms with Crippen molar-refractivity contribution >= 4 is 0 Å². The third-order valence-corrected chi connectivity index (χ3v) is 1.67. The van der Waals surface area contributed by atoms with E-state index in [0.29, 0.717) is 0 Å². The predicted octanol–water partition coefficient (Wildman–Crippen LogP) is 2.48. The molecular formula is C7H6F5NO. The molecule has 1 aromatic rings. The smallest absolute Gasteiger partial charge is 0.455 e. The zero-order chi connectivity index (χ0) is 11.0. The number of rotatable bonds is 2. The van der Waals surface area contributed by atoms with E-state index in [-0.39, 0.29) is 0 Å². The molecule has 0 aliphatic heterocycles. The van der Waals surface area contributed by atoms with Gasteiger partial charge in [-0.3, -0.25) is 0 Å². The minimum Gasteiger partial charge on any atom is -0.472 e. The van der Waals surface area contributed by atoms with Crippen LogP contribution in [-0.2, 0) is 0 Å². The van der Waals surface area contributed by atoms with Crippen molar-refractivity contribution in [2.24, 2.45) is 5.73 Å². The molecule has 1 rings (SSSR count). The molecule has 0 saturated heterocycles. The fraction of sp³-hybridized carbons (Fsp3) is 0.429. The summed E-state index contributed by atoms with van der Waals surface area (Å²) in [5.41, 5.74) is 4.38. The van der Waals surface area contributed by atoms with Crippen molar-refractivity contribution in [3.05, 3.63) is 24.2 Å². The van der Waals surface area contributed by atoms with Crippen LogP contribution in [0.3, 0.4) is 0 Å². The molecule has 0 bridgehead atoms. The van der Waals surface area contributed by atoms with Crippen LogP contribution in [0.4, 0.5) is 22.0 Å². The molecule has 0 spiro atoms. The van der Waals surface area contributed by atoms with Crippen LogP contribution in [0, 0.1) is 0 Å². The van der Waals surface area contributed by atoms with Crippen molar-refractivity contribution in [3.8, 4) is 0 Å². The number of hydrogen-bond acceptors (Lipinski definition) is 2. The molecule has 14 heavy (non-hydrogen) atoms. The summed E-state index contributed by atoms with van der Waals surface area (Å²) in [4.78, 5) is 0. The summed E-state index contributed by atoms with van der Waals surface area (Å²) < 4.78 is 65.0. The molecule has 0 aromatic carbocycles. The molecule has 1 heterocycles. The molecule has 0 fully saturated rings. The highest BCUT2D eigenvalue weighted by atomic mass is 19.4. The zero-order valence-corrected chi connectivity index (χ0v) is 6.68. The van der Waals surface area contributed by atoms with Crippen LogP contribution in [0.2, 0.25) is 0 Å². The summed E-state index contributed by atoms with van der Waals surface area (Å²) in [6, 6.07) is -1.48. The lowest BCUT2D eigenvalue weighted by Gasteiger charge is -2.24. The van der Waals surface area contributed by atoms with E-state index in [4.69, 9.17) is 5.73 Å². The minimum absolute atomic E-state index is 0.396. The van der Waals surface area contributed by atoms with Crippen molar-refractivity contribution in [1.29, 1.82) is 0 Å². The predicted molar refractivity (Wildman–Crippen MR) is 36.6 cm³/mol. The second-order valence-corrected chi connectivity index (χ2v) is 2.66. The van der Waals surface area contributed by atoms with Gasteiger partial charge in [-0.05, 0) is 6.07 Å². The van der Waals surface area contributed by atoms with E-state index in [2.05, 4.69) is 4.42 Å². The van der Waals surface area contributed by atoms with Gasteiger partial charge in [0.1, 0.15) is 6.04 Å². The Morgan fingerprint density at radius 1 is 1.21 bits per heavy atom. The van der Waals surface area contributed by atoms with E-state index in [9.17, 15) is 22.0 Å². The first-order chi connectivity index (χ1) is 6.27. The Bertz CT molecular complexity index is 292. The van der Waals surface area contributed by atoms with Gasteiger partial charge < -0.3 is 10.2 Å².